The molecule has 1 aromatic rings. The molecule has 1 rings (SSSR count). The Morgan fingerprint density at radius 2 is 2.00 bits per heavy atom. The molecule has 0 saturated carbocycles. The van der Waals surface area contributed by atoms with Crippen molar-refractivity contribution in [1.29, 1.82) is 0 Å². The summed E-state index contributed by atoms with van der Waals surface area (Å²) in [7, 11) is 1.65. The molecule has 3 nitrogen and oxygen atoms in total. The Balaban J connectivity index is 0.00000169. The van der Waals surface area contributed by atoms with E-state index < -0.39 is 12.0 Å². The lowest BCUT2D eigenvalue weighted by molar-refractivity contribution is -0.139. The molecule has 0 spiro atoms. The Bertz CT molecular complexity index is 277. The second-order valence-electron chi connectivity index (χ2n) is 2.87. The van der Waals surface area contributed by atoms with Crippen molar-refractivity contribution in [3.63, 3.8) is 0 Å². The quantitative estimate of drug-likeness (QED) is 0.785. The average Bonchev–Trinajstić information content (AvgIpc) is 2.15. The standard InChI is InChI=1S/C10H13NO2.H2S/c1-11-9(10(12)13)7-8-5-3-2-4-6-8;/h2-6,9,11H,7H2,1H3,(H,12,13);1H2/t9-;/m0./s1. The molecule has 14 heavy (non-hydrogen) atoms. The van der Waals surface area contributed by atoms with Gasteiger partial charge in [0.2, 0.25) is 0 Å². The summed E-state index contributed by atoms with van der Waals surface area (Å²) in [5, 5.41) is 11.5. The molecule has 0 heterocycles. The number of likely N-dealkylation sites (N-methyl/N-ethyl adjacent to an activating group) is 1. The van der Waals surface area contributed by atoms with E-state index in [2.05, 4.69) is 5.32 Å². The second kappa shape index (κ2) is 6.45. The largest absolute Gasteiger partial charge is 0.480 e. The van der Waals surface area contributed by atoms with E-state index in [1.165, 1.54) is 0 Å². The number of nitrogens with one attached hydrogen (secondary N) is 1. The summed E-state index contributed by atoms with van der Waals surface area (Å²) in [6, 6.07) is 9.08. The first kappa shape index (κ1) is 13.0. The topological polar surface area (TPSA) is 49.3 Å². The van der Waals surface area contributed by atoms with Gasteiger partial charge in [-0.25, -0.2) is 0 Å². The lowest BCUT2D eigenvalue weighted by atomic mass is 10.1. The van der Waals surface area contributed by atoms with Crippen molar-refractivity contribution in [3.05, 3.63) is 35.9 Å². The van der Waals surface area contributed by atoms with E-state index in [4.69, 9.17) is 5.11 Å². The summed E-state index contributed by atoms with van der Waals surface area (Å²) in [5.74, 6) is -0.814. The Labute approximate surface area is 90.6 Å². The molecule has 4 heteroatoms. The molecule has 0 aliphatic heterocycles. The Hall–Kier alpha value is -1.00. The first-order valence-electron chi connectivity index (χ1n) is 4.18. The summed E-state index contributed by atoms with van der Waals surface area (Å²) in [6.45, 7) is 0. The Morgan fingerprint density at radius 1 is 1.43 bits per heavy atom. The highest BCUT2D eigenvalue weighted by Crippen LogP contribution is 2.02. The van der Waals surface area contributed by atoms with Crippen molar-refractivity contribution in [2.75, 3.05) is 7.05 Å². The van der Waals surface area contributed by atoms with Crippen LogP contribution in [0, 0.1) is 0 Å². The van der Waals surface area contributed by atoms with Crippen LogP contribution in [0.2, 0.25) is 0 Å². The third-order valence-corrected chi connectivity index (χ3v) is 1.93. The minimum absolute atomic E-state index is 0. The minimum Gasteiger partial charge on any atom is -0.480 e. The van der Waals surface area contributed by atoms with Crippen molar-refractivity contribution >= 4 is 19.5 Å². The summed E-state index contributed by atoms with van der Waals surface area (Å²) in [6.07, 6.45) is 0.521. The van der Waals surface area contributed by atoms with Crippen molar-refractivity contribution in [2.24, 2.45) is 0 Å². The predicted molar refractivity (Wildman–Crippen MR) is 61.0 cm³/mol. The van der Waals surface area contributed by atoms with Crippen LogP contribution >= 0.6 is 13.5 Å². The van der Waals surface area contributed by atoms with Gasteiger partial charge in [-0.1, -0.05) is 30.3 Å². The molecule has 1 atom stereocenters. The molecule has 0 aliphatic carbocycles. The molecule has 0 aromatic heterocycles. The highest BCUT2D eigenvalue weighted by Gasteiger charge is 2.14. The molecule has 0 saturated heterocycles. The summed E-state index contributed by atoms with van der Waals surface area (Å²) >= 11 is 0. The highest BCUT2D eigenvalue weighted by atomic mass is 32.1. The maximum atomic E-state index is 10.7. The van der Waals surface area contributed by atoms with Crippen molar-refractivity contribution in [1.82, 2.24) is 5.32 Å². The molecule has 0 aliphatic rings. The maximum absolute atomic E-state index is 10.7. The molecule has 0 radical (unpaired) electrons. The molecule has 0 unspecified atom stereocenters. The normalized spacial score (nSPS) is 11.5. The van der Waals surface area contributed by atoms with Crippen LogP contribution in [0.4, 0.5) is 0 Å². The number of rotatable bonds is 4. The molecule has 2 N–H and O–H groups in total. The lowest BCUT2D eigenvalue weighted by Crippen LogP contribution is -2.35. The van der Waals surface area contributed by atoms with Crippen LogP contribution < -0.4 is 5.32 Å². The van der Waals surface area contributed by atoms with Gasteiger partial charge in [0.05, 0.1) is 0 Å². The number of hydrogen-bond acceptors (Lipinski definition) is 2. The number of benzene rings is 1. The second-order valence-corrected chi connectivity index (χ2v) is 2.87. The monoisotopic (exact) mass is 213 g/mol. The molecular formula is C10H15NO2S. The molecule has 0 bridgehead atoms. The minimum atomic E-state index is -0.814. The van der Waals surface area contributed by atoms with Crippen LogP contribution in [0.15, 0.2) is 30.3 Å². The van der Waals surface area contributed by atoms with E-state index in [0.717, 1.165) is 5.56 Å². The summed E-state index contributed by atoms with van der Waals surface area (Å²) in [4.78, 5) is 10.7. The van der Waals surface area contributed by atoms with Crippen molar-refractivity contribution in [3.8, 4) is 0 Å². The molecular weight excluding hydrogens is 198 g/mol. The van der Waals surface area contributed by atoms with E-state index in [1.807, 2.05) is 30.3 Å². The number of carbonyl (C=O) groups is 1. The van der Waals surface area contributed by atoms with Crippen molar-refractivity contribution < 1.29 is 9.90 Å². The number of carboxylic acid groups (broad SMARTS) is 1. The fraction of sp³-hybridized carbons (Fsp3) is 0.300. The van der Waals surface area contributed by atoms with Gasteiger partial charge in [0.25, 0.3) is 0 Å². The average molecular weight is 213 g/mol. The fourth-order valence-corrected chi connectivity index (χ4v) is 1.16. The van der Waals surface area contributed by atoms with Crippen LogP contribution in [-0.4, -0.2) is 24.2 Å². The Morgan fingerprint density at radius 3 is 2.43 bits per heavy atom. The van der Waals surface area contributed by atoms with Gasteiger partial charge in [0.15, 0.2) is 0 Å². The smallest absolute Gasteiger partial charge is 0.321 e. The first-order valence-corrected chi connectivity index (χ1v) is 4.18. The van der Waals surface area contributed by atoms with Gasteiger partial charge in [-0.3, -0.25) is 4.79 Å². The van der Waals surface area contributed by atoms with E-state index in [0.29, 0.717) is 6.42 Å². The zero-order chi connectivity index (χ0) is 9.68. The fourth-order valence-electron chi connectivity index (χ4n) is 1.16. The van der Waals surface area contributed by atoms with Crippen molar-refractivity contribution in [2.45, 2.75) is 12.5 Å². The molecule has 78 valence electrons. The SMILES string of the molecule is CN[C@@H](Cc1ccccc1)C(=O)O.S. The zero-order valence-corrected chi connectivity index (χ0v) is 9.03. The van der Waals surface area contributed by atoms with Gasteiger partial charge in [-0.2, -0.15) is 13.5 Å². The van der Waals surface area contributed by atoms with E-state index in [-0.39, 0.29) is 13.5 Å². The molecule has 0 amide bonds. The summed E-state index contributed by atoms with van der Waals surface area (Å²) < 4.78 is 0. The predicted octanol–water partition coefficient (Wildman–Crippen LogP) is 1.01. The van der Waals surface area contributed by atoms with Crippen LogP contribution in [0.5, 0.6) is 0 Å². The third kappa shape index (κ3) is 3.81. The molecule has 0 fully saturated rings. The first-order chi connectivity index (χ1) is 6.24. The maximum Gasteiger partial charge on any atom is 0.321 e. The van der Waals surface area contributed by atoms with Gasteiger partial charge < -0.3 is 10.4 Å². The van der Waals surface area contributed by atoms with Gasteiger partial charge in [0, 0.05) is 0 Å². The summed E-state index contributed by atoms with van der Waals surface area (Å²) in [5.41, 5.74) is 1.03. The van der Waals surface area contributed by atoms with Crippen LogP contribution in [0.25, 0.3) is 0 Å². The van der Waals surface area contributed by atoms with Crippen LogP contribution in [-0.2, 0) is 11.2 Å². The van der Waals surface area contributed by atoms with E-state index in [1.54, 1.807) is 7.05 Å². The van der Waals surface area contributed by atoms with E-state index >= 15 is 0 Å². The van der Waals surface area contributed by atoms with Crippen LogP contribution in [0.3, 0.4) is 0 Å². The molecule has 1 aromatic carbocycles. The van der Waals surface area contributed by atoms with Gasteiger partial charge in [-0.05, 0) is 19.0 Å². The van der Waals surface area contributed by atoms with E-state index in [9.17, 15) is 4.79 Å². The van der Waals surface area contributed by atoms with Gasteiger partial charge in [0.1, 0.15) is 6.04 Å². The Kier molecular flexibility index (Phi) is 5.99. The number of aliphatic carboxylic acids is 1. The number of carboxylic acids is 1. The lowest BCUT2D eigenvalue weighted by Gasteiger charge is -2.10. The number of hydrogen-bond donors (Lipinski definition) is 2. The van der Waals surface area contributed by atoms with Gasteiger partial charge >= 0.3 is 5.97 Å². The third-order valence-electron chi connectivity index (χ3n) is 1.93. The van der Waals surface area contributed by atoms with Crippen LogP contribution in [0.1, 0.15) is 5.56 Å². The zero-order valence-electron chi connectivity index (χ0n) is 8.03. The van der Waals surface area contributed by atoms with Gasteiger partial charge in [-0.15, -0.1) is 0 Å². The highest BCUT2D eigenvalue weighted by molar-refractivity contribution is 7.59.